The molecule has 0 aromatic heterocycles. The van der Waals surface area contributed by atoms with E-state index in [-0.39, 0.29) is 5.91 Å². The third kappa shape index (κ3) is 4.66. The molecule has 3 aromatic rings. The van der Waals surface area contributed by atoms with E-state index in [0.717, 1.165) is 27.9 Å². The molecule has 4 heteroatoms. The monoisotopic (exact) mass is 473 g/mol. The SMILES string of the molecule is CC(=O)N(C(=[Te])Oc1ccc(C)cc1)c1cc(C)ccc1-c1ccccc1. The molecule has 0 bridgehead atoms. The summed E-state index contributed by atoms with van der Waals surface area (Å²) in [7, 11) is 0. The number of carbonyl (C=O) groups excluding carboxylic acids is 1. The van der Waals surface area contributed by atoms with Gasteiger partial charge in [0.15, 0.2) is 0 Å². The molecular formula is C23H21NO2Te. The van der Waals surface area contributed by atoms with E-state index in [2.05, 4.69) is 12.1 Å². The molecule has 3 aromatic carbocycles. The van der Waals surface area contributed by atoms with Crippen molar-refractivity contribution in [1.82, 2.24) is 0 Å². The summed E-state index contributed by atoms with van der Waals surface area (Å²) in [5.41, 5.74) is 5.11. The second kappa shape index (κ2) is 8.52. The van der Waals surface area contributed by atoms with Gasteiger partial charge in [-0.1, -0.05) is 0 Å². The van der Waals surface area contributed by atoms with Gasteiger partial charge in [-0.15, -0.1) is 0 Å². The van der Waals surface area contributed by atoms with E-state index in [1.54, 1.807) is 33.6 Å². The van der Waals surface area contributed by atoms with Crippen LogP contribution in [0.5, 0.6) is 5.75 Å². The van der Waals surface area contributed by atoms with E-state index in [1.807, 2.05) is 74.5 Å². The summed E-state index contributed by atoms with van der Waals surface area (Å²) < 4.78 is 6.54. The molecule has 0 fully saturated rings. The quantitative estimate of drug-likeness (QED) is 0.508. The second-order valence-electron chi connectivity index (χ2n) is 6.42. The van der Waals surface area contributed by atoms with Gasteiger partial charge in [-0.3, -0.25) is 0 Å². The fraction of sp³-hybridized carbons (Fsp3) is 0.130. The van der Waals surface area contributed by atoms with E-state index >= 15 is 0 Å². The molecule has 0 saturated heterocycles. The zero-order valence-corrected chi connectivity index (χ0v) is 17.9. The number of carbonyl (C=O) groups is 1. The molecule has 0 atom stereocenters. The molecule has 0 heterocycles. The van der Waals surface area contributed by atoms with E-state index in [0.29, 0.717) is 9.61 Å². The summed E-state index contributed by atoms with van der Waals surface area (Å²) in [4.78, 5) is 14.2. The van der Waals surface area contributed by atoms with Gasteiger partial charge in [-0.05, 0) is 0 Å². The minimum atomic E-state index is -0.0925. The molecule has 0 unspecified atom stereocenters. The van der Waals surface area contributed by atoms with Crippen LogP contribution in [-0.2, 0) is 4.79 Å². The van der Waals surface area contributed by atoms with Crippen molar-refractivity contribution in [1.29, 1.82) is 0 Å². The predicted molar refractivity (Wildman–Crippen MR) is 112 cm³/mol. The van der Waals surface area contributed by atoms with E-state index in [9.17, 15) is 4.79 Å². The molecule has 3 rings (SSSR count). The number of hydrogen-bond acceptors (Lipinski definition) is 2. The van der Waals surface area contributed by atoms with E-state index in [4.69, 9.17) is 4.74 Å². The van der Waals surface area contributed by atoms with Gasteiger partial charge in [0.05, 0.1) is 0 Å². The summed E-state index contributed by atoms with van der Waals surface area (Å²) in [6, 6.07) is 24.0. The second-order valence-corrected chi connectivity index (χ2v) is 7.42. The zero-order chi connectivity index (χ0) is 19.4. The average Bonchev–Trinajstić information content (AvgIpc) is 2.64. The molecule has 0 aliphatic heterocycles. The number of ether oxygens (including phenoxy) is 1. The molecule has 27 heavy (non-hydrogen) atoms. The van der Waals surface area contributed by atoms with Crippen LogP contribution in [0, 0.1) is 13.8 Å². The molecule has 0 N–H and O–H groups in total. The van der Waals surface area contributed by atoms with Crippen LogP contribution < -0.4 is 9.64 Å². The van der Waals surface area contributed by atoms with Crippen LogP contribution in [-0.4, -0.2) is 31.6 Å². The first kappa shape index (κ1) is 19.4. The summed E-state index contributed by atoms with van der Waals surface area (Å²) in [5, 5.41) is 0. The van der Waals surface area contributed by atoms with Crippen LogP contribution in [0.2, 0.25) is 0 Å². The Kier molecular flexibility index (Phi) is 6.11. The Morgan fingerprint density at radius 3 is 2.15 bits per heavy atom. The van der Waals surface area contributed by atoms with Crippen molar-refractivity contribution in [2.45, 2.75) is 20.8 Å². The number of nitrogens with zero attached hydrogens (tertiary/aromatic N) is 1. The first-order valence-electron chi connectivity index (χ1n) is 8.71. The maximum absolute atomic E-state index is 12.6. The number of aryl methyl sites for hydroxylation is 2. The Bertz CT molecular complexity index is 965. The number of amides is 1. The van der Waals surface area contributed by atoms with Crippen LogP contribution >= 0.6 is 0 Å². The van der Waals surface area contributed by atoms with Crippen LogP contribution in [0.4, 0.5) is 5.69 Å². The Balaban J connectivity index is 2.02. The molecule has 0 radical (unpaired) electrons. The molecule has 136 valence electrons. The zero-order valence-electron chi connectivity index (χ0n) is 15.6. The van der Waals surface area contributed by atoms with Crippen molar-refractivity contribution >= 4 is 37.3 Å². The number of hydrogen-bond donors (Lipinski definition) is 0. The van der Waals surface area contributed by atoms with Crippen LogP contribution in [0.3, 0.4) is 0 Å². The van der Waals surface area contributed by atoms with Gasteiger partial charge in [-0.2, -0.15) is 0 Å². The molecule has 0 aliphatic rings. The molecule has 0 saturated carbocycles. The van der Waals surface area contributed by atoms with Gasteiger partial charge in [0.25, 0.3) is 0 Å². The average molecular weight is 471 g/mol. The first-order valence-corrected chi connectivity index (χ1v) is 9.87. The third-order valence-corrected chi connectivity index (χ3v) is 4.96. The number of rotatable bonds is 5. The van der Waals surface area contributed by atoms with Crippen molar-refractivity contribution in [3.63, 3.8) is 0 Å². The Hall–Kier alpha value is -2.41. The van der Waals surface area contributed by atoms with Crippen molar-refractivity contribution < 1.29 is 9.53 Å². The molecule has 0 spiro atoms. The summed E-state index contributed by atoms with van der Waals surface area (Å²) >= 11 is 1.73. The molecule has 0 aliphatic carbocycles. The van der Waals surface area contributed by atoms with Crippen molar-refractivity contribution in [3.8, 4) is 16.9 Å². The summed E-state index contributed by atoms with van der Waals surface area (Å²) in [6.45, 7) is 5.61. The normalized spacial score (nSPS) is 10.3. The van der Waals surface area contributed by atoms with E-state index < -0.39 is 0 Å². The number of benzene rings is 3. The van der Waals surface area contributed by atoms with Gasteiger partial charge in [-0.25, -0.2) is 0 Å². The summed E-state index contributed by atoms with van der Waals surface area (Å²) in [6.07, 6.45) is 0. The molecular weight excluding hydrogens is 450 g/mol. The standard InChI is InChI=1S/C23H21NO2Te/c1-16-9-12-20(13-10-16)26-23(27)24(18(3)25)22-15-17(2)11-14-21(22)19-7-5-4-6-8-19/h4-15H,1-3H3. The van der Waals surface area contributed by atoms with Gasteiger partial charge in [0.1, 0.15) is 0 Å². The molecule has 3 nitrogen and oxygen atoms in total. The Morgan fingerprint density at radius 2 is 1.52 bits per heavy atom. The Labute approximate surface area is 173 Å². The molecule has 1 amide bonds. The van der Waals surface area contributed by atoms with Gasteiger partial charge in [0, 0.05) is 0 Å². The van der Waals surface area contributed by atoms with Crippen molar-refractivity contribution in [2.75, 3.05) is 4.90 Å². The topological polar surface area (TPSA) is 29.5 Å². The number of anilines is 1. The predicted octanol–water partition coefficient (Wildman–Crippen LogP) is 4.66. The van der Waals surface area contributed by atoms with Crippen molar-refractivity contribution in [3.05, 3.63) is 83.9 Å². The Morgan fingerprint density at radius 1 is 0.889 bits per heavy atom. The maximum atomic E-state index is 12.6. The van der Waals surface area contributed by atoms with Crippen molar-refractivity contribution in [2.24, 2.45) is 0 Å². The van der Waals surface area contributed by atoms with Crippen LogP contribution in [0.15, 0.2) is 72.8 Å². The van der Waals surface area contributed by atoms with Gasteiger partial charge < -0.3 is 0 Å². The van der Waals surface area contributed by atoms with Crippen LogP contribution in [0.25, 0.3) is 11.1 Å². The first-order chi connectivity index (χ1) is 13.0. The van der Waals surface area contributed by atoms with Gasteiger partial charge >= 0.3 is 173 Å². The van der Waals surface area contributed by atoms with Gasteiger partial charge in [0.2, 0.25) is 0 Å². The fourth-order valence-electron chi connectivity index (χ4n) is 2.84. The minimum absolute atomic E-state index is 0.0925. The summed E-state index contributed by atoms with van der Waals surface area (Å²) in [5.74, 6) is 0.617. The third-order valence-electron chi connectivity index (χ3n) is 4.20. The van der Waals surface area contributed by atoms with Crippen LogP contribution in [0.1, 0.15) is 18.1 Å². The fourth-order valence-corrected chi connectivity index (χ4v) is 3.76. The van der Waals surface area contributed by atoms with E-state index in [1.165, 1.54) is 0 Å².